The van der Waals surface area contributed by atoms with Gasteiger partial charge in [0.1, 0.15) is 11.5 Å². The standard InChI is InChI=1S/C18H16N6O3/c19-16(26)10-1-3-11(4-2-10)17-22-12-5-6-24(9-14(12)23-17)18(27)13-7-21-15(25)8-20-13/h1-4,7-8H,5-6,9H2,(H2,19,26)(H,21,25)(H,22,23). The number of carbonyl (C=O) groups excluding carboxylic acids is 2. The van der Waals surface area contributed by atoms with Gasteiger partial charge in [-0.2, -0.15) is 0 Å². The Bertz CT molecular complexity index is 1060. The molecule has 27 heavy (non-hydrogen) atoms. The summed E-state index contributed by atoms with van der Waals surface area (Å²) in [5.74, 6) is -0.0587. The highest BCUT2D eigenvalue weighted by Crippen LogP contribution is 2.23. The van der Waals surface area contributed by atoms with Crippen LogP contribution in [-0.2, 0) is 13.0 Å². The third kappa shape index (κ3) is 3.22. The molecule has 3 heterocycles. The first-order valence-corrected chi connectivity index (χ1v) is 8.33. The third-order valence-corrected chi connectivity index (χ3v) is 4.45. The van der Waals surface area contributed by atoms with Crippen LogP contribution in [-0.4, -0.2) is 43.2 Å². The normalized spacial score (nSPS) is 13.3. The second-order valence-corrected chi connectivity index (χ2v) is 6.23. The number of amides is 2. The number of benzene rings is 1. The molecule has 0 aliphatic carbocycles. The van der Waals surface area contributed by atoms with E-state index in [4.69, 9.17) is 5.73 Å². The first-order chi connectivity index (χ1) is 13.0. The van der Waals surface area contributed by atoms with Crippen molar-refractivity contribution in [2.24, 2.45) is 5.73 Å². The van der Waals surface area contributed by atoms with E-state index in [0.29, 0.717) is 30.9 Å². The SMILES string of the molecule is NC(=O)c1ccc(-c2nc3c([nH]2)CN(C(=O)c2c[nH]c(=O)cn2)CC3)cc1. The van der Waals surface area contributed by atoms with Crippen LogP contribution in [0.2, 0.25) is 0 Å². The molecule has 0 unspecified atom stereocenters. The van der Waals surface area contributed by atoms with Crippen LogP contribution in [0.4, 0.5) is 0 Å². The van der Waals surface area contributed by atoms with Gasteiger partial charge in [-0.05, 0) is 12.1 Å². The molecule has 9 nitrogen and oxygen atoms in total. The van der Waals surface area contributed by atoms with Crippen molar-refractivity contribution < 1.29 is 9.59 Å². The van der Waals surface area contributed by atoms with Crippen LogP contribution < -0.4 is 11.3 Å². The van der Waals surface area contributed by atoms with E-state index in [1.807, 2.05) is 0 Å². The number of hydrogen-bond acceptors (Lipinski definition) is 5. The van der Waals surface area contributed by atoms with E-state index in [2.05, 4.69) is 19.9 Å². The number of hydrogen-bond donors (Lipinski definition) is 3. The summed E-state index contributed by atoms with van der Waals surface area (Å²) < 4.78 is 0. The average Bonchev–Trinajstić information content (AvgIpc) is 3.11. The first-order valence-electron chi connectivity index (χ1n) is 8.33. The lowest BCUT2D eigenvalue weighted by Gasteiger charge is -2.25. The number of primary amides is 1. The third-order valence-electron chi connectivity index (χ3n) is 4.45. The second kappa shape index (κ2) is 6.52. The quantitative estimate of drug-likeness (QED) is 0.620. The van der Waals surface area contributed by atoms with Gasteiger partial charge < -0.3 is 20.6 Å². The van der Waals surface area contributed by atoms with Gasteiger partial charge in [-0.15, -0.1) is 0 Å². The number of rotatable bonds is 3. The molecule has 9 heteroatoms. The first kappa shape index (κ1) is 16.7. The van der Waals surface area contributed by atoms with Crippen LogP contribution in [0.15, 0.2) is 41.5 Å². The van der Waals surface area contributed by atoms with Crippen LogP contribution in [0.1, 0.15) is 32.2 Å². The Labute approximate surface area is 153 Å². The van der Waals surface area contributed by atoms with Crippen molar-refractivity contribution in [1.82, 2.24) is 24.8 Å². The Morgan fingerprint density at radius 2 is 1.96 bits per heavy atom. The van der Waals surface area contributed by atoms with Crippen molar-refractivity contribution in [3.05, 3.63) is 69.7 Å². The van der Waals surface area contributed by atoms with Gasteiger partial charge >= 0.3 is 0 Å². The van der Waals surface area contributed by atoms with Crippen molar-refractivity contribution >= 4 is 11.8 Å². The van der Waals surface area contributed by atoms with Gasteiger partial charge in [-0.1, -0.05) is 12.1 Å². The molecule has 1 aromatic carbocycles. The zero-order valence-electron chi connectivity index (χ0n) is 14.2. The molecule has 0 saturated heterocycles. The van der Waals surface area contributed by atoms with Gasteiger partial charge in [0, 0.05) is 30.3 Å². The zero-order valence-corrected chi connectivity index (χ0v) is 14.2. The maximum absolute atomic E-state index is 12.6. The molecule has 1 aliphatic heterocycles. The molecule has 4 N–H and O–H groups in total. The summed E-state index contributed by atoms with van der Waals surface area (Å²) in [5, 5.41) is 0. The minimum Gasteiger partial charge on any atom is -0.366 e. The molecule has 2 amide bonds. The minimum absolute atomic E-state index is 0.194. The Morgan fingerprint density at radius 1 is 1.19 bits per heavy atom. The summed E-state index contributed by atoms with van der Waals surface area (Å²) >= 11 is 0. The van der Waals surface area contributed by atoms with Gasteiger partial charge in [0.15, 0.2) is 0 Å². The number of fused-ring (bicyclic) bond motifs is 1. The highest BCUT2D eigenvalue weighted by Gasteiger charge is 2.25. The molecule has 1 aliphatic rings. The Hall–Kier alpha value is -3.75. The second-order valence-electron chi connectivity index (χ2n) is 6.23. The monoisotopic (exact) mass is 364 g/mol. The molecule has 0 radical (unpaired) electrons. The number of aromatic amines is 2. The van der Waals surface area contributed by atoms with Gasteiger partial charge in [0.25, 0.3) is 11.5 Å². The van der Waals surface area contributed by atoms with Crippen LogP contribution in [0.25, 0.3) is 11.4 Å². The topological polar surface area (TPSA) is 138 Å². The zero-order chi connectivity index (χ0) is 19.0. The van der Waals surface area contributed by atoms with E-state index in [0.717, 1.165) is 23.1 Å². The minimum atomic E-state index is -0.481. The summed E-state index contributed by atoms with van der Waals surface area (Å²) in [4.78, 5) is 50.7. The van der Waals surface area contributed by atoms with Gasteiger partial charge in [-0.25, -0.2) is 9.97 Å². The number of H-pyrrole nitrogens is 2. The number of nitrogens with one attached hydrogen (secondary N) is 2. The van der Waals surface area contributed by atoms with E-state index in [1.54, 1.807) is 29.2 Å². The van der Waals surface area contributed by atoms with Crippen LogP contribution in [0.5, 0.6) is 0 Å². The maximum atomic E-state index is 12.6. The van der Waals surface area contributed by atoms with Crippen molar-refractivity contribution in [3.8, 4) is 11.4 Å². The van der Waals surface area contributed by atoms with Gasteiger partial charge in [-0.3, -0.25) is 14.4 Å². The smallest absolute Gasteiger partial charge is 0.274 e. The lowest BCUT2D eigenvalue weighted by atomic mass is 10.1. The predicted molar refractivity (Wildman–Crippen MR) is 95.8 cm³/mol. The summed E-state index contributed by atoms with van der Waals surface area (Å²) in [6.45, 7) is 0.888. The van der Waals surface area contributed by atoms with E-state index in [9.17, 15) is 14.4 Å². The van der Waals surface area contributed by atoms with Gasteiger partial charge in [0.2, 0.25) is 5.91 Å². The summed E-state index contributed by atoms with van der Waals surface area (Å²) in [7, 11) is 0. The van der Waals surface area contributed by atoms with Crippen LogP contribution in [0, 0.1) is 0 Å². The highest BCUT2D eigenvalue weighted by atomic mass is 16.2. The lowest BCUT2D eigenvalue weighted by Crippen LogP contribution is -2.36. The summed E-state index contributed by atoms with van der Waals surface area (Å²) in [6, 6.07) is 6.85. The molecule has 0 bridgehead atoms. The van der Waals surface area contributed by atoms with Crippen molar-refractivity contribution in [1.29, 1.82) is 0 Å². The molecule has 0 saturated carbocycles. The molecular formula is C18H16N6O3. The summed E-state index contributed by atoms with van der Waals surface area (Å²) in [5.41, 5.74) is 8.12. The fraction of sp³-hybridized carbons (Fsp3) is 0.167. The molecule has 4 rings (SSSR count). The van der Waals surface area contributed by atoms with Crippen LogP contribution >= 0.6 is 0 Å². The highest BCUT2D eigenvalue weighted by molar-refractivity contribution is 5.93. The Balaban J connectivity index is 1.55. The van der Waals surface area contributed by atoms with Crippen LogP contribution in [0.3, 0.4) is 0 Å². The number of aromatic nitrogens is 4. The van der Waals surface area contributed by atoms with E-state index < -0.39 is 5.91 Å². The Morgan fingerprint density at radius 3 is 2.63 bits per heavy atom. The van der Waals surface area contributed by atoms with Gasteiger partial charge in [0.05, 0.1) is 24.1 Å². The van der Waals surface area contributed by atoms with Crippen molar-refractivity contribution in [2.45, 2.75) is 13.0 Å². The summed E-state index contributed by atoms with van der Waals surface area (Å²) in [6.07, 6.45) is 3.02. The molecule has 0 spiro atoms. The fourth-order valence-corrected chi connectivity index (χ4v) is 3.02. The number of nitrogens with zero attached hydrogens (tertiary/aromatic N) is 3. The Kier molecular flexibility index (Phi) is 4.03. The number of carbonyl (C=O) groups is 2. The molecule has 3 aromatic rings. The van der Waals surface area contributed by atoms with E-state index in [-0.39, 0.29) is 17.2 Å². The molecule has 0 fully saturated rings. The molecule has 2 aromatic heterocycles. The number of nitrogens with two attached hydrogens (primary N) is 1. The predicted octanol–water partition coefficient (Wildman–Crippen LogP) is 0.457. The number of imidazole rings is 1. The average molecular weight is 364 g/mol. The van der Waals surface area contributed by atoms with Crippen molar-refractivity contribution in [3.63, 3.8) is 0 Å². The molecule has 0 atom stereocenters. The molecular weight excluding hydrogens is 348 g/mol. The van der Waals surface area contributed by atoms with E-state index in [1.165, 1.54) is 6.20 Å². The largest absolute Gasteiger partial charge is 0.366 e. The van der Waals surface area contributed by atoms with Crippen molar-refractivity contribution in [2.75, 3.05) is 6.54 Å². The fourth-order valence-electron chi connectivity index (χ4n) is 3.02. The lowest BCUT2D eigenvalue weighted by molar-refractivity contribution is 0.0725. The van der Waals surface area contributed by atoms with E-state index >= 15 is 0 Å². The molecule has 136 valence electrons. The maximum Gasteiger partial charge on any atom is 0.274 e.